The summed E-state index contributed by atoms with van der Waals surface area (Å²) in [7, 11) is 1.32. The molecule has 108 valence electrons. The first kappa shape index (κ1) is 13.7. The van der Waals surface area contributed by atoms with Crippen LogP contribution in [0, 0.1) is 0 Å². The first-order valence-electron chi connectivity index (χ1n) is 6.33. The molecule has 3 aromatic rings. The van der Waals surface area contributed by atoms with E-state index in [-0.39, 0.29) is 11.0 Å². The number of ether oxygens (including phenoxy) is 1. The lowest BCUT2D eigenvalue weighted by molar-refractivity contribution is 0.0563. The van der Waals surface area contributed by atoms with Crippen LogP contribution >= 0.6 is 11.8 Å². The van der Waals surface area contributed by atoms with Gasteiger partial charge in [-0.2, -0.15) is 0 Å². The zero-order valence-electron chi connectivity index (χ0n) is 11.5. The van der Waals surface area contributed by atoms with Crippen molar-refractivity contribution < 1.29 is 13.9 Å². The Morgan fingerprint density at radius 3 is 3.00 bits per heavy atom. The van der Waals surface area contributed by atoms with Gasteiger partial charge in [0.05, 0.1) is 12.4 Å². The Morgan fingerprint density at radius 2 is 2.19 bits per heavy atom. The minimum Gasteiger partial charge on any atom is -0.463 e. The van der Waals surface area contributed by atoms with E-state index in [1.54, 1.807) is 12.1 Å². The lowest BCUT2D eigenvalue weighted by Gasteiger charge is -2.06. The number of hydrogen-bond donors (Lipinski definition) is 0. The Bertz CT molecular complexity index is 780. The summed E-state index contributed by atoms with van der Waals surface area (Å²) in [6.45, 7) is 1.98. The normalized spacial score (nSPS) is 12.5. The number of carbonyl (C=O) groups excluding carboxylic acids is 1. The quantitative estimate of drug-likeness (QED) is 0.545. The van der Waals surface area contributed by atoms with Gasteiger partial charge in [0.2, 0.25) is 5.76 Å². The van der Waals surface area contributed by atoms with Crippen LogP contribution in [0.4, 0.5) is 0 Å². The summed E-state index contributed by atoms with van der Waals surface area (Å²) in [5.41, 5.74) is 0.793. The number of methoxy groups -OCH3 is 1. The average Bonchev–Trinajstić information content (AvgIpc) is 3.14. The molecule has 7 heteroatoms. The van der Waals surface area contributed by atoms with Crippen LogP contribution in [0.3, 0.4) is 0 Å². The Hall–Kier alpha value is -2.28. The fourth-order valence-electron chi connectivity index (χ4n) is 1.90. The van der Waals surface area contributed by atoms with Crippen LogP contribution in [0.15, 0.2) is 46.1 Å². The minimum atomic E-state index is -0.480. The molecule has 0 saturated carbocycles. The Labute approximate surface area is 125 Å². The van der Waals surface area contributed by atoms with Crippen LogP contribution in [0.1, 0.15) is 28.5 Å². The molecule has 0 spiro atoms. The fraction of sp³-hybridized carbons (Fsp3) is 0.214. The molecule has 0 amide bonds. The SMILES string of the molecule is COC(=O)c1ccc(C(C)Sc2nnc3ccccn23)o1. The zero-order valence-corrected chi connectivity index (χ0v) is 12.3. The van der Waals surface area contributed by atoms with Crippen molar-refractivity contribution in [3.05, 3.63) is 48.0 Å². The van der Waals surface area contributed by atoms with Crippen LogP contribution in [-0.4, -0.2) is 27.7 Å². The molecule has 0 aliphatic rings. The van der Waals surface area contributed by atoms with Crippen molar-refractivity contribution in [1.29, 1.82) is 0 Å². The van der Waals surface area contributed by atoms with E-state index in [9.17, 15) is 4.79 Å². The maximum absolute atomic E-state index is 11.4. The summed E-state index contributed by atoms with van der Waals surface area (Å²) >= 11 is 1.51. The van der Waals surface area contributed by atoms with E-state index in [1.165, 1.54) is 18.9 Å². The smallest absolute Gasteiger partial charge is 0.373 e. The summed E-state index contributed by atoms with van der Waals surface area (Å²) in [6.07, 6.45) is 1.91. The van der Waals surface area contributed by atoms with Crippen molar-refractivity contribution in [1.82, 2.24) is 14.6 Å². The molecule has 0 radical (unpaired) electrons. The molecule has 0 N–H and O–H groups in total. The van der Waals surface area contributed by atoms with Crippen LogP contribution < -0.4 is 0 Å². The van der Waals surface area contributed by atoms with Gasteiger partial charge in [-0.1, -0.05) is 17.8 Å². The summed E-state index contributed by atoms with van der Waals surface area (Å²) in [5.74, 6) is 0.408. The van der Waals surface area contributed by atoms with Gasteiger partial charge < -0.3 is 9.15 Å². The standard InChI is InChI=1S/C14H13N3O3S/c1-9(10-6-7-11(20-10)13(18)19-2)21-14-16-15-12-5-3-4-8-17(12)14/h3-9H,1-2H3. The predicted molar refractivity (Wildman–Crippen MR) is 77.3 cm³/mol. The van der Waals surface area contributed by atoms with Gasteiger partial charge in [-0.3, -0.25) is 4.40 Å². The van der Waals surface area contributed by atoms with Gasteiger partial charge in [0.25, 0.3) is 0 Å². The van der Waals surface area contributed by atoms with E-state index in [4.69, 9.17) is 4.42 Å². The second-order valence-corrected chi connectivity index (χ2v) is 5.67. The molecule has 3 rings (SSSR count). The van der Waals surface area contributed by atoms with E-state index in [2.05, 4.69) is 14.9 Å². The highest BCUT2D eigenvalue weighted by Gasteiger charge is 2.18. The maximum Gasteiger partial charge on any atom is 0.373 e. The van der Waals surface area contributed by atoms with E-state index in [0.29, 0.717) is 5.76 Å². The third kappa shape index (κ3) is 2.64. The first-order valence-corrected chi connectivity index (χ1v) is 7.21. The molecule has 21 heavy (non-hydrogen) atoms. The average molecular weight is 303 g/mol. The van der Waals surface area contributed by atoms with E-state index < -0.39 is 5.97 Å². The molecule has 0 aliphatic carbocycles. The molecule has 3 aromatic heterocycles. The molecule has 0 bridgehead atoms. The fourth-order valence-corrected chi connectivity index (χ4v) is 2.81. The van der Waals surface area contributed by atoms with Crippen molar-refractivity contribution in [2.24, 2.45) is 0 Å². The maximum atomic E-state index is 11.4. The molecule has 0 fully saturated rings. The minimum absolute atomic E-state index is 0.00369. The highest BCUT2D eigenvalue weighted by Crippen LogP contribution is 2.34. The molecule has 0 aromatic carbocycles. The van der Waals surface area contributed by atoms with Gasteiger partial charge in [0.15, 0.2) is 10.8 Å². The molecule has 1 atom stereocenters. The number of thioether (sulfide) groups is 1. The third-order valence-electron chi connectivity index (χ3n) is 2.98. The van der Waals surface area contributed by atoms with Gasteiger partial charge in [-0.15, -0.1) is 10.2 Å². The number of esters is 1. The highest BCUT2D eigenvalue weighted by atomic mass is 32.2. The largest absolute Gasteiger partial charge is 0.463 e. The Kier molecular flexibility index (Phi) is 3.66. The number of pyridine rings is 1. The summed E-state index contributed by atoms with van der Waals surface area (Å²) in [6, 6.07) is 9.11. The van der Waals surface area contributed by atoms with Gasteiger partial charge in [0, 0.05) is 6.20 Å². The lowest BCUT2D eigenvalue weighted by Crippen LogP contribution is -1.98. The monoisotopic (exact) mass is 303 g/mol. The van der Waals surface area contributed by atoms with E-state index in [0.717, 1.165) is 10.8 Å². The van der Waals surface area contributed by atoms with Gasteiger partial charge >= 0.3 is 5.97 Å². The second kappa shape index (κ2) is 5.61. The number of nitrogens with zero attached hydrogens (tertiary/aromatic N) is 3. The number of rotatable bonds is 4. The van der Waals surface area contributed by atoms with Crippen molar-refractivity contribution in [3.8, 4) is 0 Å². The van der Waals surface area contributed by atoms with Crippen LogP contribution in [0.25, 0.3) is 5.65 Å². The van der Waals surface area contributed by atoms with Gasteiger partial charge in [-0.05, 0) is 31.2 Å². The van der Waals surface area contributed by atoms with Crippen LogP contribution in [0.2, 0.25) is 0 Å². The van der Waals surface area contributed by atoms with Crippen molar-refractivity contribution in [2.75, 3.05) is 7.11 Å². The van der Waals surface area contributed by atoms with Crippen LogP contribution in [-0.2, 0) is 4.74 Å². The molecule has 6 nitrogen and oxygen atoms in total. The first-order chi connectivity index (χ1) is 10.2. The summed E-state index contributed by atoms with van der Waals surface area (Å²) < 4.78 is 12.0. The topological polar surface area (TPSA) is 69.6 Å². The number of hydrogen-bond acceptors (Lipinski definition) is 6. The van der Waals surface area contributed by atoms with Crippen molar-refractivity contribution >= 4 is 23.4 Å². The van der Waals surface area contributed by atoms with Gasteiger partial charge in [0.1, 0.15) is 5.76 Å². The Morgan fingerprint density at radius 1 is 1.33 bits per heavy atom. The summed E-state index contributed by atoms with van der Waals surface area (Å²) in [5, 5.41) is 9.03. The third-order valence-corrected chi connectivity index (χ3v) is 4.05. The van der Waals surface area contributed by atoms with Crippen molar-refractivity contribution in [2.45, 2.75) is 17.3 Å². The number of fused-ring (bicyclic) bond motifs is 1. The molecule has 0 aliphatic heterocycles. The number of furan rings is 1. The molecular weight excluding hydrogens is 290 g/mol. The second-order valence-electron chi connectivity index (χ2n) is 4.37. The molecule has 1 unspecified atom stereocenters. The Balaban J connectivity index is 1.81. The van der Waals surface area contributed by atoms with E-state index in [1.807, 2.05) is 35.7 Å². The zero-order chi connectivity index (χ0) is 14.8. The van der Waals surface area contributed by atoms with Crippen molar-refractivity contribution in [3.63, 3.8) is 0 Å². The molecule has 0 saturated heterocycles. The number of aromatic nitrogens is 3. The lowest BCUT2D eigenvalue weighted by atomic mass is 10.3. The molecule has 3 heterocycles. The summed E-state index contributed by atoms with van der Waals surface area (Å²) in [4.78, 5) is 11.4. The predicted octanol–water partition coefficient (Wildman–Crippen LogP) is 2.96. The van der Waals surface area contributed by atoms with Crippen LogP contribution in [0.5, 0.6) is 0 Å². The van der Waals surface area contributed by atoms with Gasteiger partial charge in [-0.25, -0.2) is 4.79 Å². The van der Waals surface area contributed by atoms with E-state index >= 15 is 0 Å². The number of carbonyl (C=O) groups is 1. The highest BCUT2D eigenvalue weighted by molar-refractivity contribution is 7.99. The molecular formula is C14H13N3O3S.